The number of ketones is 1. The third kappa shape index (κ3) is 1.81. The first-order chi connectivity index (χ1) is 4.60. The van der Waals surface area contributed by atoms with E-state index in [1.807, 2.05) is 20.8 Å². The molecule has 0 rings (SSSR count). The Morgan fingerprint density at radius 2 is 1.80 bits per heavy atom. The maximum absolute atomic E-state index is 11.2. The largest absolute Gasteiger partial charge is 0.324 e. The Morgan fingerprint density at radius 1 is 1.40 bits per heavy atom. The van der Waals surface area contributed by atoms with Crippen molar-refractivity contribution in [2.24, 2.45) is 11.1 Å². The minimum atomic E-state index is -0.172. The molecule has 0 aromatic heterocycles. The second kappa shape index (κ2) is 3.71. The Balaban J connectivity index is 4.17. The summed E-state index contributed by atoms with van der Waals surface area (Å²) in [4.78, 5) is 11.2. The van der Waals surface area contributed by atoms with Crippen LogP contribution in [0.25, 0.3) is 0 Å². The van der Waals surface area contributed by atoms with Crippen LogP contribution in [0.3, 0.4) is 0 Å². The number of rotatable bonds is 4. The number of Topliss-reactive ketones (excluding diaryl/α,β-unsaturated/α-hetero) is 1. The minimum Gasteiger partial charge on any atom is -0.324 e. The molecule has 2 heteroatoms. The van der Waals surface area contributed by atoms with Crippen molar-refractivity contribution in [2.75, 3.05) is 6.54 Å². The number of hydrogen-bond acceptors (Lipinski definition) is 2. The molecule has 0 aliphatic rings. The summed E-state index contributed by atoms with van der Waals surface area (Å²) in [5.74, 6) is 0.178. The van der Waals surface area contributed by atoms with Crippen molar-refractivity contribution >= 4 is 5.78 Å². The lowest BCUT2D eigenvalue weighted by molar-refractivity contribution is -0.126. The molecule has 0 atom stereocenters. The molecule has 0 saturated carbocycles. The summed E-state index contributed by atoms with van der Waals surface area (Å²) in [7, 11) is 0. The van der Waals surface area contributed by atoms with Gasteiger partial charge in [-0.05, 0) is 12.8 Å². The summed E-state index contributed by atoms with van der Waals surface area (Å²) < 4.78 is 0. The van der Waals surface area contributed by atoms with Gasteiger partial charge in [-0.3, -0.25) is 4.79 Å². The Labute approximate surface area is 62.8 Å². The number of carbonyl (C=O) groups excluding carboxylic acids is 1. The van der Waals surface area contributed by atoms with E-state index in [4.69, 9.17) is 5.73 Å². The summed E-state index contributed by atoms with van der Waals surface area (Å²) in [6.45, 7) is 6.20. The Hall–Kier alpha value is -0.370. The third-order valence-corrected chi connectivity index (χ3v) is 2.42. The number of carbonyl (C=O) groups is 1. The van der Waals surface area contributed by atoms with Crippen LogP contribution in [0, 0.1) is 5.41 Å². The molecule has 2 N–H and O–H groups in total. The lowest BCUT2D eigenvalue weighted by Crippen LogP contribution is -2.32. The molecule has 10 heavy (non-hydrogen) atoms. The van der Waals surface area contributed by atoms with Gasteiger partial charge in [0.2, 0.25) is 0 Å². The molecule has 0 heterocycles. The van der Waals surface area contributed by atoms with Gasteiger partial charge in [-0.25, -0.2) is 0 Å². The first-order valence-corrected chi connectivity index (χ1v) is 3.84. The van der Waals surface area contributed by atoms with Crippen molar-refractivity contribution in [3.8, 4) is 0 Å². The average Bonchev–Trinajstić information content (AvgIpc) is 2.01. The van der Waals surface area contributed by atoms with E-state index in [-0.39, 0.29) is 17.7 Å². The van der Waals surface area contributed by atoms with Crippen LogP contribution in [0.4, 0.5) is 0 Å². The predicted octanol–water partition coefficient (Wildman–Crippen LogP) is 1.34. The molecule has 0 radical (unpaired) electrons. The summed E-state index contributed by atoms with van der Waals surface area (Å²) in [6.07, 6.45) is 1.78. The highest BCUT2D eigenvalue weighted by atomic mass is 16.1. The summed E-state index contributed by atoms with van der Waals surface area (Å²) in [5.41, 5.74) is 5.09. The molecule has 60 valence electrons. The maximum Gasteiger partial charge on any atom is 0.152 e. The number of hydrogen-bond donors (Lipinski definition) is 1. The molecule has 0 unspecified atom stereocenters. The van der Waals surface area contributed by atoms with E-state index < -0.39 is 0 Å². The zero-order valence-electron chi connectivity index (χ0n) is 7.11. The molecule has 0 aromatic carbocycles. The summed E-state index contributed by atoms with van der Waals surface area (Å²) >= 11 is 0. The molecular formula is C8H17NO. The van der Waals surface area contributed by atoms with E-state index in [0.29, 0.717) is 0 Å². The quantitative estimate of drug-likeness (QED) is 0.645. The van der Waals surface area contributed by atoms with Gasteiger partial charge in [-0.2, -0.15) is 0 Å². The first kappa shape index (κ1) is 9.63. The minimum absolute atomic E-state index is 0.172. The van der Waals surface area contributed by atoms with E-state index in [9.17, 15) is 4.79 Å². The van der Waals surface area contributed by atoms with Crippen LogP contribution in [-0.2, 0) is 4.79 Å². The Morgan fingerprint density at radius 3 is 1.90 bits per heavy atom. The molecule has 0 bridgehead atoms. The van der Waals surface area contributed by atoms with Crippen molar-refractivity contribution in [1.82, 2.24) is 0 Å². The van der Waals surface area contributed by atoms with Gasteiger partial charge in [0.15, 0.2) is 5.78 Å². The van der Waals surface area contributed by atoms with Gasteiger partial charge >= 0.3 is 0 Å². The normalized spacial score (nSPS) is 11.6. The molecular weight excluding hydrogens is 126 g/mol. The van der Waals surface area contributed by atoms with Gasteiger partial charge in [0.05, 0.1) is 6.54 Å². The highest BCUT2D eigenvalue weighted by molar-refractivity contribution is 5.85. The van der Waals surface area contributed by atoms with Gasteiger partial charge in [0.1, 0.15) is 0 Å². The Kier molecular flexibility index (Phi) is 3.58. The summed E-state index contributed by atoms with van der Waals surface area (Å²) in [6, 6.07) is 0. The maximum atomic E-state index is 11.2. The van der Waals surface area contributed by atoms with E-state index >= 15 is 0 Å². The highest BCUT2D eigenvalue weighted by Gasteiger charge is 2.26. The van der Waals surface area contributed by atoms with E-state index in [0.717, 1.165) is 12.8 Å². The number of nitrogens with two attached hydrogens (primary N) is 1. The van der Waals surface area contributed by atoms with Crippen LogP contribution in [-0.4, -0.2) is 12.3 Å². The fourth-order valence-corrected chi connectivity index (χ4v) is 0.891. The zero-order chi connectivity index (χ0) is 8.20. The Bertz CT molecular complexity index is 116. The van der Waals surface area contributed by atoms with Crippen LogP contribution >= 0.6 is 0 Å². The molecule has 0 aromatic rings. The second-order valence-corrected chi connectivity index (χ2v) is 2.90. The standard InChI is InChI=1S/C8H17NO/c1-4-8(3,5-2)7(10)6-9/h4-6,9H2,1-3H3. The topological polar surface area (TPSA) is 43.1 Å². The van der Waals surface area contributed by atoms with Crippen molar-refractivity contribution in [2.45, 2.75) is 33.6 Å². The summed E-state index contributed by atoms with van der Waals surface area (Å²) in [5, 5.41) is 0. The molecule has 0 spiro atoms. The fraction of sp³-hybridized carbons (Fsp3) is 0.875. The predicted molar refractivity (Wildman–Crippen MR) is 42.8 cm³/mol. The second-order valence-electron chi connectivity index (χ2n) is 2.90. The van der Waals surface area contributed by atoms with Gasteiger partial charge in [-0.1, -0.05) is 20.8 Å². The lowest BCUT2D eigenvalue weighted by atomic mass is 9.80. The van der Waals surface area contributed by atoms with E-state index in [2.05, 4.69) is 0 Å². The van der Waals surface area contributed by atoms with Crippen molar-refractivity contribution < 1.29 is 4.79 Å². The van der Waals surface area contributed by atoms with Crippen molar-refractivity contribution in [3.05, 3.63) is 0 Å². The van der Waals surface area contributed by atoms with Crippen LogP contribution in [0.15, 0.2) is 0 Å². The van der Waals surface area contributed by atoms with Crippen LogP contribution in [0.2, 0.25) is 0 Å². The van der Waals surface area contributed by atoms with Gasteiger partial charge in [0.25, 0.3) is 0 Å². The van der Waals surface area contributed by atoms with Crippen LogP contribution in [0.5, 0.6) is 0 Å². The van der Waals surface area contributed by atoms with Crippen molar-refractivity contribution in [1.29, 1.82) is 0 Å². The van der Waals surface area contributed by atoms with E-state index in [1.54, 1.807) is 0 Å². The van der Waals surface area contributed by atoms with Gasteiger partial charge in [0, 0.05) is 5.41 Å². The smallest absolute Gasteiger partial charge is 0.152 e. The van der Waals surface area contributed by atoms with Gasteiger partial charge in [-0.15, -0.1) is 0 Å². The van der Waals surface area contributed by atoms with E-state index in [1.165, 1.54) is 0 Å². The fourth-order valence-electron chi connectivity index (χ4n) is 0.891. The highest BCUT2D eigenvalue weighted by Crippen LogP contribution is 2.25. The monoisotopic (exact) mass is 143 g/mol. The molecule has 0 fully saturated rings. The SMILES string of the molecule is CCC(C)(CC)C(=O)CN. The first-order valence-electron chi connectivity index (χ1n) is 3.84. The van der Waals surface area contributed by atoms with Crippen molar-refractivity contribution in [3.63, 3.8) is 0 Å². The molecule has 0 saturated heterocycles. The van der Waals surface area contributed by atoms with Crippen LogP contribution < -0.4 is 5.73 Å². The average molecular weight is 143 g/mol. The molecule has 0 aliphatic carbocycles. The van der Waals surface area contributed by atoms with Crippen LogP contribution in [0.1, 0.15) is 33.6 Å². The molecule has 0 amide bonds. The van der Waals surface area contributed by atoms with Gasteiger partial charge < -0.3 is 5.73 Å². The zero-order valence-corrected chi connectivity index (χ0v) is 7.11. The third-order valence-electron chi connectivity index (χ3n) is 2.42. The molecule has 0 aliphatic heterocycles. The molecule has 2 nitrogen and oxygen atoms in total. The lowest BCUT2D eigenvalue weighted by Gasteiger charge is -2.23.